The van der Waals surface area contributed by atoms with Crippen LogP contribution in [0.25, 0.3) is 11.3 Å². The van der Waals surface area contributed by atoms with Gasteiger partial charge in [0, 0.05) is 38.3 Å². The number of aromatic nitrogens is 2. The van der Waals surface area contributed by atoms with Crippen LogP contribution in [0.3, 0.4) is 0 Å². The van der Waals surface area contributed by atoms with Crippen LogP contribution in [0.4, 0.5) is 10.1 Å². The topological polar surface area (TPSA) is 113 Å². The van der Waals surface area contributed by atoms with E-state index in [1.807, 2.05) is 44.3 Å². The summed E-state index contributed by atoms with van der Waals surface area (Å²) in [4.78, 5) is 27.1. The number of carbonyl (C=O) groups is 1. The molecule has 3 saturated heterocycles. The summed E-state index contributed by atoms with van der Waals surface area (Å²) in [5, 5.41) is 12.5. The highest BCUT2D eigenvalue weighted by Gasteiger charge is 2.51. The van der Waals surface area contributed by atoms with Gasteiger partial charge in [-0.15, -0.1) is 0 Å². The predicted octanol–water partition coefficient (Wildman–Crippen LogP) is 3.41. The van der Waals surface area contributed by atoms with Crippen molar-refractivity contribution in [2.24, 2.45) is 0 Å². The van der Waals surface area contributed by atoms with E-state index in [1.165, 1.54) is 18.2 Å². The molecule has 10 nitrogen and oxygen atoms in total. The van der Waals surface area contributed by atoms with E-state index in [0.717, 1.165) is 30.8 Å². The lowest BCUT2D eigenvalue weighted by Crippen LogP contribution is -2.62. The van der Waals surface area contributed by atoms with Gasteiger partial charge in [0.15, 0.2) is 5.69 Å². The van der Waals surface area contributed by atoms with Crippen molar-refractivity contribution in [2.45, 2.75) is 37.5 Å². The zero-order chi connectivity index (χ0) is 29.3. The van der Waals surface area contributed by atoms with E-state index in [9.17, 15) is 14.4 Å². The fraction of sp³-hybridized carbons (Fsp3) is 0.419. The van der Waals surface area contributed by atoms with Crippen molar-refractivity contribution in [3.05, 3.63) is 65.7 Å². The average molecular weight is 573 g/mol. The molecule has 5 heterocycles. The first-order valence-electron chi connectivity index (χ1n) is 14.2. The van der Waals surface area contributed by atoms with E-state index >= 15 is 0 Å². The molecule has 3 aliphatic rings. The SMILES string of the molecule is CCOc1ncccc1-c1ccc(N2CC3(CC(Oc4ccc(F)cc4C#N)CO3)C2)c(C(=O)NC2CCN(C)C2)n1. The highest BCUT2D eigenvalue weighted by molar-refractivity contribution is 5.99. The molecule has 218 valence electrons. The normalized spacial score (nSPS) is 21.1. The molecule has 1 aromatic carbocycles. The minimum absolute atomic E-state index is 0.0572. The van der Waals surface area contributed by atoms with E-state index in [0.29, 0.717) is 55.7 Å². The zero-order valence-electron chi connectivity index (χ0n) is 23.7. The summed E-state index contributed by atoms with van der Waals surface area (Å²) in [6.45, 7) is 5.57. The number of hydrogen-bond donors (Lipinski definition) is 1. The third-order valence-electron chi connectivity index (χ3n) is 7.97. The van der Waals surface area contributed by atoms with Crippen molar-refractivity contribution in [3.63, 3.8) is 0 Å². The molecule has 0 bridgehead atoms. The van der Waals surface area contributed by atoms with E-state index in [1.54, 1.807) is 6.20 Å². The molecule has 2 unspecified atom stereocenters. The molecule has 3 aromatic rings. The molecule has 3 aliphatic heterocycles. The second-order valence-corrected chi connectivity index (χ2v) is 11.1. The van der Waals surface area contributed by atoms with Crippen LogP contribution in [0, 0.1) is 17.1 Å². The Hall–Kier alpha value is -4.27. The lowest BCUT2D eigenvalue weighted by atomic mass is 9.89. The Bertz CT molecular complexity index is 1520. The maximum absolute atomic E-state index is 13.6. The van der Waals surface area contributed by atoms with Crippen molar-refractivity contribution in [1.82, 2.24) is 20.2 Å². The molecule has 0 aliphatic carbocycles. The van der Waals surface area contributed by atoms with Crippen LogP contribution in [0.15, 0.2) is 48.7 Å². The molecule has 2 aromatic heterocycles. The number of hydrogen-bond acceptors (Lipinski definition) is 9. The minimum atomic E-state index is -0.482. The molecular formula is C31H33FN6O4. The number of nitrogens with zero attached hydrogens (tertiary/aromatic N) is 5. The van der Waals surface area contributed by atoms with Crippen molar-refractivity contribution >= 4 is 11.6 Å². The van der Waals surface area contributed by atoms with Gasteiger partial charge >= 0.3 is 0 Å². The van der Waals surface area contributed by atoms with Crippen LogP contribution in [-0.2, 0) is 4.74 Å². The maximum atomic E-state index is 13.6. The van der Waals surface area contributed by atoms with Crippen LogP contribution < -0.4 is 19.7 Å². The summed E-state index contributed by atoms with van der Waals surface area (Å²) in [6, 6.07) is 13.5. The van der Waals surface area contributed by atoms with Gasteiger partial charge in [-0.2, -0.15) is 5.26 Å². The monoisotopic (exact) mass is 572 g/mol. The lowest BCUT2D eigenvalue weighted by Gasteiger charge is -2.48. The Morgan fingerprint density at radius 3 is 2.90 bits per heavy atom. The average Bonchev–Trinajstić information content (AvgIpc) is 3.59. The van der Waals surface area contributed by atoms with Crippen molar-refractivity contribution in [2.75, 3.05) is 51.3 Å². The number of halogens is 1. The quantitative estimate of drug-likeness (QED) is 0.434. The van der Waals surface area contributed by atoms with Gasteiger partial charge in [-0.05, 0) is 69.4 Å². The standard InChI is InChI=1S/C31H33FN6O4/c1-3-40-30-24(5-4-11-34-30)25-7-8-26(28(36-25)29(39)35-22-10-12-37(2)16-22)38-18-31(19-38)14-23(17-41-31)42-27-9-6-21(32)13-20(27)15-33/h4-9,11,13,22-23H,3,10,12,14,16-19H2,1-2H3,(H,35,39). The zero-order valence-corrected chi connectivity index (χ0v) is 23.7. The number of pyridine rings is 2. The molecule has 11 heteroatoms. The first-order valence-corrected chi connectivity index (χ1v) is 14.2. The van der Waals surface area contributed by atoms with Crippen LogP contribution in [0.5, 0.6) is 11.6 Å². The summed E-state index contributed by atoms with van der Waals surface area (Å²) in [5.41, 5.74) is 2.12. The second-order valence-electron chi connectivity index (χ2n) is 11.1. The fourth-order valence-electron chi connectivity index (χ4n) is 5.96. The second kappa shape index (κ2) is 11.5. The smallest absolute Gasteiger partial charge is 0.272 e. The molecular weight excluding hydrogens is 539 g/mol. The number of likely N-dealkylation sites (tertiary alicyclic amines) is 1. The number of amides is 1. The number of nitriles is 1. The van der Waals surface area contributed by atoms with Gasteiger partial charge in [-0.25, -0.2) is 14.4 Å². The number of rotatable bonds is 8. The summed E-state index contributed by atoms with van der Waals surface area (Å²) >= 11 is 0. The molecule has 1 spiro atoms. The largest absolute Gasteiger partial charge is 0.487 e. The molecule has 0 saturated carbocycles. The number of likely N-dealkylation sites (N-methyl/N-ethyl adjacent to an activating group) is 1. The van der Waals surface area contributed by atoms with Crippen LogP contribution in [0.2, 0.25) is 0 Å². The molecule has 42 heavy (non-hydrogen) atoms. The maximum Gasteiger partial charge on any atom is 0.272 e. The molecule has 3 fully saturated rings. The minimum Gasteiger partial charge on any atom is -0.487 e. The molecule has 6 rings (SSSR count). The first kappa shape index (κ1) is 27.9. The molecule has 1 N–H and O–H groups in total. The highest BCUT2D eigenvalue weighted by atomic mass is 19.1. The van der Waals surface area contributed by atoms with E-state index in [4.69, 9.17) is 19.2 Å². The third kappa shape index (κ3) is 5.60. The predicted molar refractivity (Wildman–Crippen MR) is 153 cm³/mol. The Labute approximate surface area is 244 Å². The number of ether oxygens (including phenoxy) is 3. The Morgan fingerprint density at radius 1 is 1.29 bits per heavy atom. The Morgan fingerprint density at radius 2 is 2.14 bits per heavy atom. The first-order chi connectivity index (χ1) is 20.4. The molecule has 0 radical (unpaired) electrons. The van der Waals surface area contributed by atoms with Gasteiger partial charge < -0.3 is 29.3 Å². The van der Waals surface area contributed by atoms with Crippen LogP contribution in [-0.4, -0.2) is 85.0 Å². The summed E-state index contributed by atoms with van der Waals surface area (Å²) < 4.78 is 31.5. The number of carbonyl (C=O) groups excluding carboxylic acids is 1. The molecule has 1 amide bonds. The lowest BCUT2D eigenvalue weighted by molar-refractivity contribution is -0.0196. The number of benzene rings is 1. The fourth-order valence-corrected chi connectivity index (χ4v) is 5.96. The van der Waals surface area contributed by atoms with Gasteiger partial charge in [-0.3, -0.25) is 4.79 Å². The van der Waals surface area contributed by atoms with Crippen molar-refractivity contribution < 1.29 is 23.4 Å². The van der Waals surface area contributed by atoms with Crippen LogP contribution >= 0.6 is 0 Å². The Balaban J connectivity index is 1.21. The van der Waals surface area contributed by atoms with Gasteiger partial charge in [0.25, 0.3) is 5.91 Å². The highest BCUT2D eigenvalue weighted by Crippen LogP contribution is 2.41. The van der Waals surface area contributed by atoms with E-state index in [-0.39, 0.29) is 23.6 Å². The van der Waals surface area contributed by atoms with Gasteiger partial charge in [-0.1, -0.05) is 0 Å². The van der Waals surface area contributed by atoms with Gasteiger partial charge in [0.05, 0.1) is 35.7 Å². The van der Waals surface area contributed by atoms with Crippen molar-refractivity contribution in [3.8, 4) is 29.0 Å². The van der Waals surface area contributed by atoms with Crippen LogP contribution in [0.1, 0.15) is 35.8 Å². The summed E-state index contributed by atoms with van der Waals surface area (Å²) in [6.07, 6.45) is 2.90. The number of nitrogens with one attached hydrogen (secondary N) is 1. The Kier molecular flexibility index (Phi) is 7.66. The summed E-state index contributed by atoms with van der Waals surface area (Å²) in [7, 11) is 2.05. The van der Waals surface area contributed by atoms with Gasteiger partial charge in [0.1, 0.15) is 29.3 Å². The third-order valence-corrected chi connectivity index (χ3v) is 7.97. The number of anilines is 1. The van der Waals surface area contributed by atoms with E-state index < -0.39 is 11.4 Å². The summed E-state index contributed by atoms with van der Waals surface area (Å²) in [5.74, 6) is 0.116. The van der Waals surface area contributed by atoms with Gasteiger partial charge in [0.2, 0.25) is 5.88 Å². The van der Waals surface area contributed by atoms with Crippen molar-refractivity contribution in [1.29, 1.82) is 5.26 Å². The van der Waals surface area contributed by atoms with E-state index in [2.05, 4.69) is 20.1 Å². The molecule has 2 atom stereocenters.